The van der Waals surface area contributed by atoms with Gasteiger partial charge in [0.05, 0.1) is 6.04 Å². The van der Waals surface area contributed by atoms with E-state index in [0.717, 1.165) is 25.1 Å². The Morgan fingerprint density at radius 3 is 2.47 bits per heavy atom. The first kappa shape index (κ1) is 20.8. The molecule has 1 aromatic heterocycles. The van der Waals surface area contributed by atoms with Gasteiger partial charge in [0.15, 0.2) is 0 Å². The van der Waals surface area contributed by atoms with Gasteiger partial charge in [-0.05, 0) is 63.0 Å². The topological polar surface area (TPSA) is 32.3 Å². The Bertz CT molecular complexity index is 987. The van der Waals surface area contributed by atoms with E-state index in [0.29, 0.717) is 6.54 Å². The molecule has 1 aliphatic rings. The van der Waals surface area contributed by atoms with E-state index in [1.807, 2.05) is 12.1 Å². The van der Waals surface area contributed by atoms with E-state index in [9.17, 15) is 4.79 Å². The van der Waals surface area contributed by atoms with Gasteiger partial charge in [-0.15, -0.1) is 0 Å². The quantitative estimate of drug-likeness (QED) is 0.587. The van der Waals surface area contributed by atoms with E-state index in [1.165, 1.54) is 22.3 Å². The zero-order chi connectivity index (χ0) is 21.1. The molecule has 3 aromatic rings. The second-order valence-electron chi connectivity index (χ2n) is 9.10. The van der Waals surface area contributed by atoms with Crippen LogP contribution in [0.2, 0.25) is 0 Å². The van der Waals surface area contributed by atoms with Crippen molar-refractivity contribution in [3.63, 3.8) is 0 Å². The number of carbonyl (C=O) groups is 1. The number of amides is 1. The van der Waals surface area contributed by atoms with Crippen LogP contribution in [0.4, 0.5) is 0 Å². The van der Waals surface area contributed by atoms with Crippen molar-refractivity contribution in [1.82, 2.24) is 10.2 Å². The van der Waals surface area contributed by atoms with E-state index < -0.39 is 0 Å². The fourth-order valence-electron chi connectivity index (χ4n) is 4.12. The van der Waals surface area contributed by atoms with Crippen LogP contribution in [0.15, 0.2) is 65.4 Å². The van der Waals surface area contributed by atoms with Crippen LogP contribution in [0, 0.1) is 0 Å². The van der Waals surface area contributed by atoms with Gasteiger partial charge in [-0.2, -0.15) is 11.3 Å². The van der Waals surface area contributed by atoms with Crippen molar-refractivity contribution in [2.75, 3.05) is 13.1 Å². The molecule has 0 aliphatic carbocycles. The summed E-state index contributed by atoms with van der Waals surface area (Å²) in [6.07, 6.45) is 1.05. The SMILES string of the molecule is CC(C)(C)c1ccc(C(=O)NCC(c2ccsc2)N2CCc3ccccc3C2)cc1. The second-order valence-corrected chi connectivity index (χ2v) is 9.88. The van der Waals surface area contributed by atoms with Crippen LogP contribution in [0.5, 0.6) is 0 Å². The van der Waals surface area contributed by atoms with Gasteiger partial charge in [0.2, 0.25) is 0 Å². The highest BCUT2D eigenvalue weighted by molar-refractivity contribution is 7.08. The molecule has 1 atom stereocenters. The van der Waals surface area contributed by atoms with Gasteiger partial charge >= 0.3 is 0 Å². The van der Waals surface area contributed by atoms with Gasteiger partial charge < -0.3 is 5.32 Å². The molecule has 1 unspecified atom stereocenters. The predicted molar refractivity (Wildman–Crippen MR) is 125 cm³/mol. The molecule has 1 amide bonds. The molecule has 2 heterocycles. The lowest BCUT2D eigenvalue weighted by molar-refractivity contribution is 0.0928. The maximum absolute atomic E-state index is 12.8. The smallest absolute Gasteiger partial charge is 0.251 e. The summed E-state index contributed by atoms with van der Waals surface area (Å²) in [5.41, 5.74) is 6.17. The van der Waals surface area contributed by atoms with Crippen LogP contribution >= 0.6 is 11.3 Å². The third-order valence-corrected chi connectivity index (χ3v) is 6.70. The van der Waals surface area contributed by atoms with Gasteiger partial charge in [-0.1, -0.05) is 57.2 Å². The zero-order valence-electron chi connectivity index (χ0n) is 18.0. The average molecular weight is 419 g/mol. The van der Waals surface area contributed by atoms with E-state index >= 15 is 0 Å². The molecule has 0 saturated carbocycles. The van der Waals surface area contributed by atoms with Crippen molar-refractivity contribution >= 4 is 17.2 Å². The highest BCUT2D eigenvalue weighted by Crippen LogP contribution is 2.29. The van der Waals surface area contributed by atoms with Gasteiger partial charge in [0.1, 0.15) is 0 Å². The summed E-state index contributed by atoms with van der Waals surface area (Å²) in [5, 5.41) is 7.51. The van der Waals surface area contributed by atoms with Crippen molar-refractivity contribution in [2.24, 2.45) is 0 Å². The maximum Gasteiger partial charge on any atom is 0.251 e. The lowest BCUT2D eigenvalue weighted by atomic mass is 9.86. The van der Waals surface area contributed by atoms with Gasteiger partial charge in [-0.3, -0.25) is 9.69 Å². The number of hydrogen-bond donors (Lipinski definition) is 1. The summed E-state index contributed by atoms with van der Waals surface area (Å²) >= 11 is 1.71. The molecule has 0 fully saturated rings. The Kier molecular flexibility index (Phi) is 6.07. The van der Waals surface area contributed by atoms with Crippen LogP contribution in [-0.4, -0.2) is 23.9 Å². The number of carbonyl (C=O) groups excluding carboxylic acids is 1. The highest BCUT2D eigenvalue weighted by atomic mass is 32.1. The monoisotopic (exact) mass is 418 g/mol. The summed E-state index contributed by atoms with van der Waals surface area (Å²) in [4.78, 5) is 15.3. The maximum atomic E-state index is 12.8. The highest BCUT2D eigenvalue weighted by Gasteiger charge is 2.25. The van der Waals surface area contributed by atoms with E-state index in [-0.39, 0.29) is 17.4 Å². The van der Waals surface area contributed by atoms with Crippen LogP contribution in [0.3, 0.4) is 0 Å². The lowest BCUT2D eigenvalue weighted by Crippen LogP contribution is -2.40. The fourth-order valence-corrected chi connectivity index (χ4v) is 4.83. The van der Waals surface area contributed by atoms with Gasteiger partial charge in [0.25, 0.3) is 5.91 Å². The summed E-state index contributed by atoms with van der Waals surface area (Å²) in [5.74, 6) is -0.00639. The van der Waals surface area contributed by atoms with Gasteiger partial charge in [-0.25, -0.2) is 0 Å². The van der Waals surface area contributed by atoms with Crippen molar-refractivity contribution < 1.29 is 4.79 Å². The van der Waals surface area contributed by atoms with Crippen molar-refractivity contribution in [2.45, 2.75) is 45.2 Å². The predicted octanol–water partition coefficient (Wildman–Crippen LogP) is 5.58. The Hall–Kier alpha value is -2.43. The Balaban J connectivity index is 1.46. The Morgan fingerprint density at radius 2 is 1.80 bits per heavy atom. The van der Waals surface area contributed by atoms with Crippen molar-refractivity contribution in [3.05, 3.63) is 93.2 Å². The molecular weight excluding hydrogens is 388 g/mol. The van der Waals surface area contributed by atoms with Crippen molar-refractivity contribution in [1.29, 1.82) is 0 Å². The summed E-state index contributed by atoms with van der Waals surface area (Å²) in [6.45, 7) is 9.10. The number of nitrogens with one attached hydrogen (secondary N) is 1. The zero-order valence-corrected chi connectivity index (χ0v) is 18.8. The minimum Gasteiger partial charge on any atom is -0.350 e. The molecule has 156 valence electrons. The number of benzene rings is 2. The number of thiophene rings is 1. The molecule has 0 saturated heterocycles. The summed E-state index contributed by atoms with van der Waals surface area (Å²) in [6, 6.07) is 19.1. The first-order valence-electron chi connectivity index (χ1n) is 10.6. The van der Waals surface area contributed by atoms with E-state index in [4.69, 9.17) is 0 Å². The molecule has 30 heavy (non-hydrogen) atoms. The molecule has 0 spiro atoms. The fraction of sp³-hybridized carbons (Fsp3) is 0.346. The van der Waals surface area contributed by atoms with Crippen LogP contribution in [0.1, 0.15) is 59.4 Å². The molecular formula is C26H30N2OS. The van der Waals surface area contributed by atoms with Crippen LogP contribution in [0.25, 0.3) is 0 Å². The van der Waals surface area contributed by atoms with Gasteiger partial charge in [0, 0.05) is 25.2 Å². The molecule has 0 radical (unpaired) electrons. The lowest BCUT2D eigenvalue weighted by Gasteiger charge is -2.35. The molecule has 4 heteroatoms. The third-order valence-electron chi connectivity index (χ3n) is 6.00. The standard InChI is InChI=1S/C26H30N2OS/c1-26(2,3)23-10-8-20(9-11-23)25(29)27-16-24(22-13-15-30-18-22)28-14-12-19-6-4-5-7-21(19)17-28/h4-11,13,15,18,24H,12,14,16-17H2,1-3H3,(H,27,29). The second kappa shape index (κ2) is 8.75. The number of nitrogens with zero attached hydrogens (tertiary/aromatic N) is 1. The molecule has 1 N–H and O–H groups in total. The normalized spacial score (nSPS) is 15.4. The number of hydrogen-bond acceptors (Lipinski definition) is 3. The van der Waals surface area contributed by atoms with E-state index in [2.05, 4.69) is 84.2 Å². The first-order valence-corrected chi connectivity index (χ1v) is 11.6. The summed E-state index contributed by atoms with van der Waals surface area (Å²) < 4.78 is 0. The van der Waals surface area contributed by atoms with Crippen molar-refractivity contribution in [3.8, 4) is 0 Å². The molecule has 1 aliphatic heterocycles. The van der Waals surface area contributed by atoms with E-state index in [1.54, 1.807) is 11.3 Å². The minimum atomic E-state index is -0.00639. The number of fused-ring (bicyclic) bond motifs is 1. The van der Waals surface area contributed by atoms with Crippen LogP contribution < -0.4 is 5.32 Å². The summed E-state index contributed by atoms with van der Waals surface area (Å²) in [7, 11) is 0. The molecule has 3 nitrogen and oxygen atoms in total. The third kappa shape index (κ3) is 4.66. The minimum absolute atomic E-state index is 0.00639. The largest absolute Gasteiger partial charge is 0.350 e. The van der Waals surface area contributed by atoms with Crippen LogP contribution in [-0.2, 0) is 18.4 Å². The Morgan fingerprint density at radius 1 is 1.07 bits per heavy atom. The molecule has 0 bridgehead atoms. The average Bonchev–Trinajstić information content (AvgIpc) is 3.27. The number of rotatable bonds is 5. The first-order chi connectivity index (χ1) is 14.4. The molecule has 2 aromatic carbocycles. The molecule has 4 rings (SSSR count). The Labute approximate surface area is 183 Å².